The summed E-state index contributed by atoms with van der Waals surface area (Å²) in [5, 5.41) is 3.93. The van der Waals surface area contributed by atoms with E-state index >= 15 is 0 Å². The van der Waals surface area contributed by atoms with E-state index in [9.17, 15) is 4.79 Å². The second-order valence-electron chi connectivity index (χ2n) is 6.74. The number of amides is 1. The molecule has 1 saturated carbocycles. The number of hydrogen-bond acceptors (Lipinski definition) is 4. The number of nitrogens with two attached hydrogens (primary N) is 1. The van der Waals surface area contributed by atoms with E-state index in [1.165, 1.54) is 6.42 Å². The molecule has 0 aliphatic heterocycles. The summed E-state index contributed by atoms with van der Waals surface area (Å²) in [5.41, 5.74) is 9.47. The van der Waals surface area contributed by atoms with Gasteiger partial charge in [-0.05, 0) is 35.7 Å². The van der Waals surface area contributed by atoms with Gasteiger partial charge in [0.1, 0.15) is 5.02 Å². The van der Waals surface area contributed by atoms with Crippen LogP contribution < -0.4 is 11.2 Å². The molecule has 0 saturated heterocycles. The minimum Gasteiger partial charge on any atom is -0.396 e. The van der Waals surface area contributed by atoms with E-state index in [0.29, 0.717) is 11.3 Å². The molecule has 128 valence electrons. The second kappa shape index (κ2) is 6.21. The Kier molecular flexibility index (Phi) is 4.53. The highest BCUT2D eigenvalue weighted by Crippen LogP contribution is 2.58. The minimum atomic E-state index is -0.594. The van der Waals surface area contributed by atoms with Crippen molar-refractivity contribution in [1.82, 2.24) is 10.4 Å². The number of anilines is 1. The summed E-state index contributed by atoms with van der Waals surface area (Å²) in [7, 11) is 0. The topological polar surface area (TPSA) is 80.4 Å². The third kappa shape index (κ3) is 2.79. The van der Waals surface area contributed by atoms with Gasteiger partial charge in [0.25, 0.3) is 5.91 Å². The first-order chi connectivity index (χ1) is 11.2. The molecular weight excluding hydrogens is 371 g/mol. The molecule has 24 heavy (non-hydrogen) atoms. The van der Waals surface area contributed by atoms with Gasteiger partial charge in [-0.2, -0.15) is 5.10 Å². The molecule has 0 unspecified atom stereocenters. The fourth-order valence-corrected chi connectivity index (χ4v) is 4.04. The summed E-state index contributed by atoms with van der Waals surface area (Å²) in [4.78, 5) is 16.1. The van der Waals surface area contributed by atoms with Gasteiger partial charge >= 0.3 is 0 Å². The van der Waals surface area contributed by atoms with Gasteiger partial charge in [0, 0.05) is 0 Å². The van der Waals surface area contributed by atoms with Crippen LogP contribution in [0.1, 0.15) is 37.2 Å². The molecule has 3 N–H and O–H groups in total. The lowest BCUT2D eigenvalue weighted by molar-refractivity contribution is -0.00126. The number of halogens is 3. The lowest BCUT2D eigenvalue weighted by atomic mass is 9.49. The van der Waals surface area contributed by atoms with Gasteiger partial charge in [-0.3, -0.25) is 4.79 Å². The predicted octanol–water partition coefficient (Wildman–Crippen LogP) is 4.33. The van der Waals surface area contributed by atoms with Crippen molar-refractivity contribution in [3.8, 4) is 0 Å². The van der Waals surface area contributed by atoms with Crippen molar-refractivity contribution in [2.24, 2.45) is 22.4 Å². The Morgan fingerprint density at radius 3 is 2.75 bits per heavy atom. The van der Waals surface area contributed by atoms with Gasteiger partial charge in [-0.15, -0.1) is 0 Å². The average molecular weight is 388 g/mol. The van der Waals surface area contributed by atoms with Crippen LogP contribution in [-0.4, -0.2) is 17.1 Å². The summed E-state index contributed by atoms with van der Waals surface area (Å²) in [5.74, 6) is 0.638. The average Bonchev–Trinajstić information content (AvgIpc) is 2.56. The Morgan fingerprint density at radius 1 is 1.42 bits per heavy atom. The molecule has 0 spiro atoms. The van der Waals surface area contributed by atoms with Gasteiger partial charge in [0.2, 0.25) is 0 Å². The largest absolute Gasteiger partial charge is 0.396 e. The normalized spacial score (nSPS) is 24.5. The SMILES string of the molecule is CC1(C)[C@@H]2CC=C(/C=N\NC(=O)c3nc(Cl)c(Cl)c(N)c3Cl)[C@@H]1C2. The molecule has 5 nitrogen and oxygen atoms in total. The molecule has 0 radical (unpaired) electrons. The maximum atomic E-state index is 12.2. The molecule has 3 aliphatic rings. The number of rotatable bonds is 3. The smallest absolute Gasteiger partial charge is 0.291 e. The van der Waals surface area contributed by atoms with Gasteiger partial charge in [0.15, 0.2) is 10.8 Å². The fourth-order valence-electron chi connectivity index (χ4n) is 3.45. The number of aromatic nitrogens is 1. The number of nitrogen functional groups attached to an aromatic ring is 1. The Labute approximate surface area is 155 Å². The van der Waals surface area contributed by atoms with Gasteiger partial charge in [-0.25, -0.2) is 10.4 Å². The van der Waals surface area contributed by atoms with E-state index in [1.54, 1.807) is 6.21 Å². The zero-order chi connectivity index (χ0) is 17.6. The first-order valence-corrected chi connectivity index (χ1v) is 8.70. The Bertz CT molecular complexity index is 773. The van der Waals surface area contributed by atoms with Crippen LogP contribution in [-0.2, 0) is 0 Å². The number of hydrazone groups is 1. The van der Waals surface area contributed by atoms with Crippen molar-refractivity contribution in [1.29, 1.82) is 0 Å². The van der Waals surface area contributed by atoms with Crippen LogP contribution in [0.2, 0.25) is 15.2 Å². The molecule has 8 heteroatoms. The number of fused-ring (bicyclic) bond motifs is 1. The van der Waals surface area contributed by atoms with Crippen molar-refractivity contribution >= 4 is 52.6 Å². The van der Waals surface area contributed by atoms with Crippen molar-refractivity contribution in [3.63, 3.8) is 0 Å². The van der Waals surface area contributed by atoms with Crippen LogP contribution in [0.5, 0.6) is 0 Å². The van der Waals surface area contributed by atoms with E-state index in [1.807, 2.05) is 0 Å². The van der Waals surface area contributed by atoms with Crippen molar-refractivity contribution in [2.45, 2.75) is 26.7 Å². The van der Waals surface area contributed by atoms with Crippen LogP contribution in [0.3, 0.4) is 0 Å². The number of nitrogens with zero attached hydrogens (tertiary/aromatic N) is 2. The first-order valence-electron chi connectivity index (χ1n) is 7.57. The van der Waals surface area contributed by atoms with E-state index in [4.69, 9.17) is 40.5 Å². The van der Waals surface area contributed by atoms with Gasteiger partial charge in [-0.1, -0.05) is 54.7 Å². The van der Waals surface area contributed by atoms with E-state index in [-0.39, 0.29) is 26.6 Å². The van der Waals surface area contributed by atoms with E-state index in [2.05, 4.69) is 35.4 Å². The van der Waals surface area contributed by atoms with Gasteiger partial charge in [0.05, 0.1) is 16.9 Å². The van der Waals surface area contributed by atoms with Crippen LogP contribution in [0.25, 0.3) is 0 Å². The zero-order valence-electron chi connectivity index (χ0n) is 13.2. The number of carbonyl (C=O) groups is 1. The second-order valence-corrected chi connectivity index (χ2v) is 7.85. The van der Waals surface area contributed by atoms with Crippen molar-refractivity contribution in [2.75, 3.05) is 5.73 Å². The van der Waals surface area contributed by atoms with E-state index < -0.39 is 5.91 Å². The van der Waals surface area contributed by atoms with Crippen molar-refractivity contribution < 1.29 is 4.79 Å². The molecule has 1 amide bonds. The van der Waals surface area contributed by atoms with Crippen LogP contribution >= 0.6 is 34.8 Å². The summed E-state index contributed by atoms with van der Waals surface area (Å²) >= 11 is 17.7. The highest BCUT2D eigenvalue weighted by atomic mass is 35.5. The molecule has 2 atom stereocenters. The molecule has 1 fully saturated rings. The zero-order valence-corrected chi connectivity index (χ0v) is 15.5. The van der Waals surface area contributed by atoms with Crippen LogP contribution in [0.4, 0.5) is 5.69 Å². The third-order valence-corrected chi connectivity index (χ3v) is 6.31. The standard InChI is InChI=1S/C16H17Cl3N4O/c1-16(2)8-4-3-7(9(16)5-8)6-21-23-15(24)13-10(17)12(20)11(18)14(19)22-13/h3,6,8-9H,4-5H2,1-2H3,(H2,20,22)(H,23,24)/b21-6-/t8-,9+/m1/s1. The third-order valence-electron chi connectivity index (χ3n) is 5.18. The number of hydrogen-bond donors (Lipinski definition) is 2. The number of allylic oxidation sites excluding steroid dienone is 2. The number of nitrogens with one attached hydrogen (secondary N) is 1. The molecule has 1 aromatic rings. The molecule has 2 bridgehead atoms. The van der Waals surface area contributed by atoms with Gasteiger partial charge < -0.3 is 5.73 Å². The fraction of sp³-hybridized carbons (Fsp3) is 0.438. The molecule has 1 aromatic heterocycles. The monoisotopic (exact) mass is 386 g/mol. The van der Waals surface area contributed by atoms with Crippen LogP contribution in [0.15, 0.2) is 16.8 Å². The summed E-state index contributed by atoms with van der Waals surface area (Å²) in [6.45, 7) is 4.54. The maximum absolute atomic E-state index is 12.2. The Hall–Kier alpha value is -1.30. The molecule has 3 aliphatic carbocycles. The molecule has 1 heterocycles. The lowest BCUT2D eigenvalue weighted by Gasteiger charge is -2.55. The molecule has 4 rings (SSSR count). The summed E-state index contributed by atoms with van der Waals surface area (Å²) < 4.78 is 0. The molecule has 0 aromatic carbocycles. The number of carbonyl (C=O) groups excluding carboxylic acids is 1. The summed E-state index contributed by atoms with van der Waals surface area (Å²) in [6, 6.07) is 0. The highest BCUT2D eigenvalue weighted by Gasteiger charge is 2.50. The first kappa shape index (κ1) is 17.5. The van der Waals surface area contributed by atoms with E-state index in [0.717, 1.165) is 17.9 Å². The van der Waals surface area contributed by atoms with Crippen molar-refractivity contribution in [3.05, 3.63) is 32.5 Å². The maximum Gasteiger partial charge on any atom is 0.291 e. The Balaban J connectivity index is 1.72. The quantitative estimate of drug-likeness (QED) is 0.460. The van der Waals surface area contributed by atoms with Crippen LogP contribution in [0, 0.1) is 17.3 Å². The number of pyridine rings is 1. The highest BCUT2D eigenvalue weighted by molar-refractivity contribution is 6.46. The predicted molar refractivity (Wildman–Crippen MR) is 97.7 cm³/mol. The summed E-state index contributed by atoms with van der Waals surface area (Å²) in [6.07, 6.45) is 6.10. The minimum absolute atomic E-state index is 0.0183. The molecular formula is C16H17Cl3N4O. The lowest BCUT2D eigenvalue weighted by Crippen LogP contribution is -2.48. The Morgan fingerprint density at radius 2 is 2.12 bits per heavy atom.